The molecule has 0 saturated carbocycles. The van der Waals surface area contributed by atoms with Crippen molar-refractivity contribution in [1.29, 1.82) is 0 Å². The van der Waals surface area contributed by atoms with Crippen LogP contribution in [0.3, 0.4) is 0 Å². The molecule has 3 nitrogen and oxygen atoms in total. The minimum absolute atomic E-state index is 0.0313. The number of rotatable bonds is 5. The molecule has 0 aromatic rings. The predicted octanol–water partition coefficient (Wildman–Crippen LogP) is 4.06. The second-order valence-electron chi connectivity index (χ2n) is 8.39. The molecule has 0 N–H and O–H groups in total. The monoisotopic (exact) mass is 330 g/mol. The lowest BCUT2D eigenvalue weighted by Crippen LogP contribution is -2.46. The molecule has 6 heteroatoms. The van der Waals surface area contributed by atoms with Crippen LogP contribution in [0.2, 0.25) is 18.1 Å². The minimum Gasteiger partial charge on any atom is -0.412 e. The third-order valence-electron chi connectivity index (χ3n) is 5.13. The Morgan fingerprint density at radius 1 is 1.38 bits per heavy atom. The molecular formula is C15H32BO3PSi. The number of hydrogen-bond acceptors (Lipinski definition) is 3. The van der Waals surface area contributed by atoms with Crippen LogP contribution in [-0.4, -0.2) is 53.4 Å². The summed E-state index contributed by atoms with van der Waals surface area (Å²) in [5, 5.41) is 0.167. The van der Waals surface area contributed by atoms with Gasteiger partial charge in [0.2, 0.25) is 0 Å². The molecule has 1 unspecified atom stereocenters. The van der Waals surface area contributed by atoms with Gasteiger partial charge in [-0.3, -0.25) is 0 Å². The molecule has 2 radical (unpaired) electrons. The standard InChI is InChI=1S/C15H32BO3PSi/c1-11(20(5,6)17)9-12-10-13(14(16)18-12)19-21(7,8)15(2,3)4/h11-14H,9-10H2,1-8H3/t11?,12-,13+,14-/m1/s1. The molecule has 122 valence electrons. The van der Waals surface area contributed by atoms with Crippen LogP contribution in [0.25, 0.3) is 0 Å². The lowest BCUT2D eigenvalue weighted by atomic mass is 9.94. The van der Waals surface area contributed by atoms with Gasteiger partial charge in [0.15, 0.2) is 8.32 Å². The number of ether oxygens (including phenoxy) is 1. The van der Waals surface area contributed by atoms with Gasteiger partial charge in [0.1, 0.15) is 7.85 Å². The zero-order valence-electron chi connectivity index (χ0n) is 15.0. The van der Waals surface area contributed by atoms with Crippen molar-refractivity contribution in [3.8, 4) is 0 Å². The minimum atomic E-state index is -2.07. The van der Waals surface area contributed by atoms with Gasteiger partial charge in [-0.15, -0.1) is 0 Å². The number of hydrogen-bond donors (Lipinski definition) is 0. The smallest absolute Gasteiger partial charge is 0.192 e. The molecule has 1 rings (SSSR count). The van der Waals surface area contributed by atoms with E-state index in [1.54, 1.807) is 0 Å². The Kier molecular flexibility index (Phi) is 6.04. The molecular weight excluding hydrogens is 298 g/mol. The van der Waals surface area contributed by atoms with Crippen LogP contribution in [0.5, 0.6) is 0 Å². The van der Waals surface area contributed by atoms with Crippen LogP contribution in [0.15, 0.2) is 0 Å². The molecule has 1 heterocycles. The molecule has 1 aliphatic rings. The maximum Gasteiger partial charge on any atom is 0.192 e. The van der Waals surface area contributed by atoms with Gasteiger partial charge < -0.3 is 13.7 Å². The van der Waals surface area contributed by atoms with E-state index in [1.165, 1.54) is 0 Å². The summed E-state index contributed by atoms with van der Waals surface area (Å²) in [4.78, 5) is 0. The zero-order valence-corrected chi connectivity index (χ0v) is 16.9. The van der Waals surface area contributed by atoms with E-state index in [2.05, 4.69) is 33.9 Å². The Bertz CT molecular complexity index is 402. The Balaban J connectivity index is 2.64. The summed E-state index contributed by atoms with van der Waals surface area (Å²) < 4.78 is 24.4. The Hall–Kier alpha value is 0.432. The molecule has 0 spiro atoms. The van der Waals surface area contributed by atoms with E-state index in [9.17, 15) is 4.57 Å². The van der Waals surface area contributed by atoms with Gasteiger partial charge in [0, 0.05) is 18.1 Å². The molecule has 1 fully saturated rings. The first-order valence-corrected chi connectivity index (χ1v) is 13.5. The molecule has 21 heavy (non-hydrogen) atoms. The second-order valence-corrected chi connectivity index (χ2v) is 16.9. The summed E-state index contributed by atoms with van der Waals surface area (Å²) in [6.45, 7) is 16.9. The first-order valence-electron chi connectivity index (χ1n) is 7.87. The maximum atomic E-state index is 12.1. The molecule has 0 amide bonds. The summed E-state index contributed by atoms with van der Waals surface area (Å²) in [5.74, 6) is 0. The lowest BCUT2D eigenvalue weighted by molar-refractivity contribution is 0.0593. The zero-order chi connectivity index (χ0) is 16.6. The van der Waals surface area contributed by atoms with E-state index in [1.807, 2.05) is 20.3 Å². The quantitative estimate of drug-likeness (QED) is 0.563. The fourth-order valence-electron chi connectivity index (χ4n) is 2.22. The summed E-state index contributed by atoms with van der Waals surface area (Å²) in [6, 6.07) is -0.357. The van der Waals surface area contributed by atoms with E-state index in [-0.39, 0.29) is 28.9 Å². The first-order chi connectivity index (χ1) is 9.24. The second kappa shape index (κ2) is 6.51. The van der Waals surface area contributed by atoms with Gasteiger partial charge in [-0.1, -0.05) is 27.7 Å². The first kappa shape index (κ1) is 19.5. The summed E-state index contributed by atoms with van der Waals surface area (Å²) in [5.41, 5.74) is 0.168. The molecule has 0 aromatic heterocycles. The maximum absolute atomic E-state index is 12.1. The fraction of sp³-hybridized carbons (Fsp3) is 1.00. The summed E-state index contributed by atoms with van der Waals surface area (Å²) >= 11 is 0. The van der Waals surface area contributed by atoms with Gasteiger partial charge >= 0.3 is 0 Å². The summed E-state index contributed by atoms with van der Waals surface area (Å²) in [7, 11) is 2.21. The van der Waals surface area contributed by atoms with E-state index in [0.717, 1.165) is 12.8 Å². The van der Waals surface area contributed by atoms with E-state index < -0.39 is 15.5 Å². The van der Waals surface area contributed by atoms with Crippen molar-refractivity contribution in [2.45, 2.75) is 82.5 Å². The molecule has 1 saturated heterocycles. The molecule has 1 aliphatic heterocycles. The van der Waals surface area contributed by atoms with Gasteiger partial charge in [-0.05, 0) is 37.9 Å². The lowest BCUT2D eigenvalue weighted by Gasteiger charge is -2.39. The normalized spacial score (nSPS) is 29.6. The molecule has 0 aromatic carbocycles. The van der Waals surface area contributed by atoms with Crippen molar-refractivity contribution >= 4 is 23.3 Å². The topological polar surface area (TPSA) is 35.5 Å². The predicted molar refractivity (Wildman–Crippen MR) is 94.6 cm³/mol. The Morgan fingerprint density at radius 3 is 2.33 bits per heavy atom. The highest BCUT2D eigenvalue weighted by molar-refractivity contribution is 7.63. The fourth-order valence-corrected chi connectivity index (χ4v) is 4.30. The molecule has 0 bridgehead atoms. The summed E-state index contributed by atoms with van der Waals surface area (Å²) in [6.07, 6.45) is 1.65. The van der Waals surface area contributed by atoms with Gasteiger partial charge in [0.05, 0.1) is 19.3 Å². The van der Waals surface area contributed by atoms with Gasteiger partial charge in [-0.2, -0.15) is 0 Å². The van der Waals surface area contributed by atoms with E-state index >= 15 is 0 Å². The highest BCUT2D eigenvalue weighted by Gasteiger charge is 2.43. The van der Waals surface area contributed by atoms with E-state index in [0.29, 0.717) is 0 Å². The van der Waals surface area contributed by atoms with Crippen LogP contribution < -0.4 is 0 Å². The van der Waals surface area contributed by atoms with Crippen LogP contribution in [-0.2, 0) is 13.7 Å². The van der Waals surface area contributed by atoms with Crippen molar-refractivity contribution in [2.24, 2.45) is 0 Å². The molecule has 4 atom stereocenters. The van der Waals surface area contributed by atoms with Crippen molar-refractivity contribution in [2.75, 3.05) is 13.3 Å². The largest absolute Gasteiger partial charge is 0.412 e. The average Bonchev–Trinajstić information content (AvgIpc) is 2.55. The SMILES string of the molecule is [B][C@@H]1O[C@H](CC(C)P(C)(C)=O)C[C@@H]1O[Si](C)(C)C(C)(C)C. The third kappa shape index (κ3) is 5.23. The Labute approximate surface area is 133 Å². The van der Waals surface area contributed by atoms with Crippen molar-refractivity contribution in [3.05, 3.63) is 0 Å². The molecule has 0 aliphatic carbocycles. The Morgan fingerprint density at radius 2 is 1.90 bits per heavy atom. The highest BCUT2D eigenvalue weighted by atomic mass is 31.2. The van der Waals surface area contributed by atoms with Gasteiger partial charge in [-0.25, -0.2) is 0 Å². The van der Waals surface area contributed by atoms with Crippen LogP contribution >= 0.6 is 7.14 Å². The third-order valence-corrected chi connectivity index (χ3v) is 12.0. The van der Waals surface area contributed by atoms with Crippen LogP contribution in [0.1, 0.15) is 40.5 Å². The highest BCUT2D eigenvalue weighted by Crippen LogP contribution is 2.46. The van der Waals surface area contributed by atoms with Crippen molar-refractivity contribution < 1.29 is 13.7 Å². The van der Waals surface area contributed by atoms with Crippen LogP contribution in [0, 0.1) is 0 Å². The van der Waals surface area contributed by atoms with E-state index in [4.69, 9.17) is 17.0 Å². The van der Waals surface area contributed by atoms with Crippen LogP contribution in [0.4, 0.5) is 0 Å². The average molecular weight is 330 g/mol. The van der Waals surface area contributed by atoms with Gasteiger partial charge in [0.25, 0.3) is 0 Å². The van der Waals surface area contributed by atoms with Crippen molar-refractivity contribution in [1.82, 2.24) is 0 Å². The van der Waals surface area contributed by atoms with Crippen molar-refractivity contribution in [3.63, 3.8) is 0 Å².